The third kappa shape index (κ3) is 5.50. The molecule has 12 rings (SSSR count). The predicted molar refractivity (Wildman–Crippen MR) is 255 cm³/mol. The molecule has 1 aromatic heterocycles. The Labute approximate surface area is 347 Å². The van der Waals surface area contributed by atoms with Gasteiger partial charge in [0.15, 0.2) is 0 Å². The van der Waals surface area contributed by atoms with E-state index in [0.717, 1.165) is 50.1 Å². The summed E-state index contributed by atoms with van der Waals surface area (Å²) in [7, 11) is 0. The SMILES string of the molecule is c1ccc(N(c2ccc(-c3ccc(-c4cccc5c4ccc4ccccc45)cc3)cc2)c2cccc3oc4ccccc4c23)c(-c2cccc3c2ccc2ccccc23)c1. The van der Waals surface area contributed by atoms with Gasteiger partial charge in [-0.2, -0.15) is 0 Å². The molecule has 0 spiro atoms. The number of fused-ring (bicyclic) bond motifs is 9. The van der Waals surface area contributed by atoms with Gasteiger partial charge in [-0.25, -0.2) is 0 Å². The number of benzene rings is 11. The number of anilines is 3. The lowest BCUT2D eigenvalue weighted by molar-refractivity contribution is 0.669. The zero-order valence-electron chi connectivity index (χ0n) is 32.7. The Balaban J connectivity index is 0.990. The second-order valence-corrected chi connectivity index (χ2v) is 15.6. The third-order valence-electron chi connectivity index (χ3n) is 12.3. The summed E-state index contributed by atoms with van der Waals surface area (Å²) >= 11 is 0. The molecule has 0 N–H and O–H groups in total. The van der Waals surface area contributed by atoms with Crippen molar-refractivity contribution in [3.63, 3.8) is 0 Å². The van der Waals surface area contributed by atoms with Gasteiger partial charge in [-0.05, 0) is 107 Å². The van der Waals surface area contributed by atoms with Gasteiger partial charge in [0.05, 0.1) is 16.8 Å². The minimum atomic E-state index is 0.865. The zero-order chi connectivity index (χ0) is 39.6. The minimum Gasteiger partial charge on any atom is -0.456 e. The van der Waals surface area contributed by atoms with Crippen LogP contribution in [0.2, 0.25) is 0 Å². The molecule has 0 aliphatic rings. The Morgan fingerprint density at radius 3 is 1.47 bits per heavy atom. The van der Waals surface area contributed by atoms with Crippen LogP contribution < -0.4 is 4.90 Å². The molecule has 0 bridgehead atoms. The van der Waals surface area contributed by atoms with E-state index >= 15 is 0 Å². The summed E-state index contributed by atoms with van der Waals surface area (Å²) in [5.41, 5.74) is 12.1. The molecule has 0 amide bonds. The number of hydrogen-bond acceptors (Lipinski definition) is 2. The van der Waals surface area contributed by atoms with Crippen LogP contribution in [0.1, 0.15) is 0 Å². The van der Waals surface area contributed by atoms with E-state index in [1.807, 2.05) is 6.07 Å². The fourth-order valence-corrected chi connectivity index (χ4v) is 9.46. The topological polar surface area (TPSA) is 16.4 Å². The van der Waals surface area contributed by atoms with Gasteiger partial charge < -0.3 is 9.32 Å². The van der Waals surface area contributed by atoms with Gasteiger partial charge in [-0.15, -0.1) is 0 Å². The second-order valence-electron chi connectivity index (χ2n) is 15.6. The lowest BCUT2D eigenvalue weighted by atomic mass is 9.93. The van der Waals surface area contributed by atoms with E-state index in [9.17, 15) is 0 Å². The van der Waals surface area contributed by atoms with Crippen molar-refractivity contribution in [2.45, 2.75) is 0 Å². The van der Waals surface area contributed by atoms with Crippen molar-refractivity contribution in [2.75, 3.05) is 4.90 Å². The fourth-order valence-electron chi connectivity index (χ4n) is 9.46. The van der Waals surface area contributed by atoms with Crippen LogP contribution in [0.4, 0.5) is 17.1 Å². The van der Waals surface area contributed by atoms with E-state index in [-0.39, 0.29) is 0 Å². The van der Waals surface area contributed by atoms with Crippen molar-refractivity contribution < 1.29 is 4.42 Å². The van der Waals surface area contributed by atoms with Crippen molar-refractivity contribution in [2.24, 2.45) is 0 Å². The highest BCUT2D eigenvalue weighted by Gasteiger charge is 2.23. The number of para-hydroxylation sites is 2. The highest BCUT2D eigenvalue weighted by Crippen LogP contribution is 2.47. The molecule has 0 unspecified atom stereocenters. The van der Waals surface area contributed by atoms with E-state index in [4.69, 9.17) is 4.42 Å². The smallest absolute Gasteiger partial charge is 0.137 e. The standard InChI is InChI=1S/C58H37NO/c1-3-14-44-40(12-1)32-36-50-46(18-9-19-47(44)50)42-28-26-38(27-29-42)39-30-34-43(35-31-39)59(55-23-11-25-57-58(55)53-17-6-8-24-56(53)60-57)54-22-7-5-16-52(54)49-21-10-20-48-45-15-4-2-13-41(45)33-37-51(48)49/h1-37H. The molecule has 2 heteroatoms. The monoisotopic (exact) mass is 763 g/mol. The van der Waals surface area contributed by atoms with E-state index < -0.39 is 0 Å². The summed E-state index contributed by atoms with van der Waals surface area (Å²) in [6.45, 7) is 0. The van der Waals surface area contributed by atoms with Crippen LogP contribution >= 0.6 is 0 Å². The Kier molecular flexibility index (Phi) is 7.89. The molecular weight excluding hydrogens is 727 g/mol. The van der Waals surface area contributed by atoms with E-state index in [2.05, 4.69) is 223 Å². The number of hydrogen-bond donors (Lipinski definition) is 0. The predicted octanol–water partition coefficient (Wildman–Crippen LogP) is 16.7. The molecule has 0 saturated carbocycles. The number of furan rings is 1. The van der Waals surface area contributed by atoms with Crippen LogP contribution in [0.25, 0.3) is 98.4 Å². The molecule has 0 aliphatic carbocycles. The molecule has 11 aromatic carbocycles. The maximum absolute atomic E-state index is 6.46. The third-order valence-corrected chi connectivity index (χ3v) is 12.3. The normalized spacial score (nSPS) is 11.7. The Morgan fingerprint density at radius 1 is 0.267 bits per heavy atom. The van der Waals surface area contributed by atoms with Crippen LogP contribution in [0.15, 0.2) is 229 Å². The molecule has 280 valence electrons. The second kappa shape index (κ2) is 13.9. The van der Waals surface area contributed by atoms with Crippen LogP contribution in [0.5, 0.6) is 0 Å². The van der Waals surface area contributed by atoms with Crippen molar-refractivity contribution in [1.82, 2.24) is 0 Å². The first kappa shape index (κ1) is 34.1. The van der Waals surface area contributed by atoms with E-state index in [1.165, 1.54) is 65.3 Å². The molecule has 12 aromatic rings. The highest BCUT2D eigenvalue weighted by atomic mass is 16.3. The first-order chi connectivity index (χ1) is 29.8. The molecule has 0 fully saturated rings. The quantitative estimate of drug-likeness (QED) is 0.157. The summed E-state index contributed by atoms with van der Waals surface area (Å²) in [5, 5.41) is 12.3. The van der Waals surface area contributed by atoms with Gasteiger partial charge in [0, 0.05) is 16.6 Å². The molecule has 0 saturated heterocycles. The van der Waals surface area contributed by atoms with E-state index in [0.29, 0.717) is 0 Å². The maximum atomic E-state index is 6.46. The first-order valence-electron chi connectivity index (χ1n) is 20.6. The Hall–Kier alpha value is -7.94. The van der Waals surface area contributed by atoms with Gasteiger partial charge in [-0.1, -0.05) is 188 Å². The molecule has 0 atom stereocenters. The zero-order valence-corrected chi connectivity index (χ0v) is 32.7. The van der Waals surface area contributed by atoms with Crippen LogP contribution in [0.3, 0.4) is 0 Å². The van der Waals surface area contributed by atoms with Crippen molar-refractivity contribution >= 4 is 82.1 Å². The van der Waals surface area contributed by atoms with Crippen molar-refractivity contribution in [1.29, 1.82) is 0 Å². The van der Waals surface area contributed by atoms with Crippen LogP contribution in [-0.4, -0.2) is 0 Å². The summed E-state index contributed by atoms with van der Waals surface area (Å²) in [5.74, 6) is 0. The van der Waals surface area contributed by atoms with Crippen LogP contribution in [-0.2, 0) is 0 Å². The lowest BCUT2D eigenvalue weighted by Gasteiger charge is -2.29. The van der Waals surface area contributed by atoms with Crippen LogP contribution in [0, 0.1) is 0 Å². The summed E-state index contributed by atoms with van der Waals surface area (Å²) < 4.78 is 6.46. The maximum Gasteiger partial charge on any atom is 0.137 e. The molecule has 0 radical (unpaired) electrons. The lowest BCUT2D eigenvalue weighted by Crippen LogP contribution is -2.11. The van der Waals surface area contributed by atoms with Gasteiger partial charge in [0.1, 0.15) is 11.2 Å². The molecular formula is C58H37NO. The number of rotatable bonds is 6. The fraction of sp³-hybridized carbons (Fsp3) is 0. The summed E-state index contributed by atoms with van der Waals surface area (Å²) in [6.07, 6.45) is 0. The van der Waals surface area contributed by atoms with E-state index in [1.54, 1.807) is 0 Å². The van der Waals surface area contributed by atoms with Gasteiger partial charge in [0.25, 0.3) is 0 Å². The number of nitrogens with zero attached hydrogens (tertiary/aromatic N) is 1. The molecule has 2 nitrogen and oxygen atoms in total. The molecule has 0 aliphatic heterocycles. The van der Waals surface area contributed by atoms with Crippen molar-refractivity contribution in [3.05, 3.63) is 224 Å². The average Bonchev–Trinajstić information content (AvgIpc) is 3.71. The Morgan fingerprint density at radius 2 is 0.750 bits per heavy atom. The van der Waals surface area contributed by atoms with Crippen molar-refractivity contribution in [3.8, 4) is 33.4 Å². The molecule has 1 heterocycles. The van der Waals surface area contributed by atoms with Gasteiger partial charge in [0.2, 0.25) is 0 Å². The van der Waals surface area contributed by atoms with Gasteiger partial charge in [-0.3, -0.25) is 0 Å². The summed E-state index contributed by atoms with van der Waals surface area (Å²) in [4.78, 5) is 2.41. The highest BCUT2D eigenvalue weighted by molar-refractivity contribution is 6.16. The van der Waals surface area contributed by atoms with Gasteiger partial charge >= 0.3 is 0 Å². The first-order valence-corrected chi connectivity index (χ1v) is 20.6. The largest absolute Gasteiger partial charge is 0.456 e. The average molecular weight is 764 g/mol. The minimum absolute atomic E-state index is 0.865. The Bertz CT molecular complexity index is 3600. The molecule has 60 heavy (non-hydrogen) atoms. The summed E-state index contributed by atoms with van der Waals surface area (Å²) in [6, 6.07) is 81.2.